The summed E-state index contributed by atoms with van der Waals surface area (Å²) in [6, 6.07) is 4.41. The Labute approximate surface area is 160 Å². The summed E-state index contributed by atoms with van der Waals surface area (Å²) >= 11 is 0. The molecule has 0 amide bonds. The van der Waals surface area contributed by atoms with Crippen LogP contribution in [0.25, 0.3) is 0 Å². The second-order valence-electron chi connectivity index (χ2n) is 6.85. The van der Waals surface area contributed by atoms with Crippen molar-refractivity contribution in [1.29, 1.82) is 0 Å². The molecule has 3 fully saturated rings. The second-order valence-corrected chi connectivity index (χ2v) is 6.85. The number of epoxide rings is 2. The summed E-state index contributed by atoms with van der Waals surface area (Å²) in [5.41, 5.74) is 0.779. The van der Waals surface area contributed by atoms with Crippen LogP contribution in [-0.2, 0) is 39.6 Å². The van der Waals surface area contributed by atoms with Gasteiger partial charge in [0.1, 0.15) is 31.5 Å². The van der Waals surface area contributed by atoms with Crippen molar-refractivity contribution in [2.45, 2.75) is 24.7 Å². The fourth-order valence-electron chi connectivity index (χ4n) is 2.52. The van der Waals surface area contributed by atoms with Crippen LogP contribution in [0.15, 0.2) is 18.2 Å². The van der Waals surface area contributed by atoms with Gasteiger partial charge in [0.05, 0.1) is 44.0 Å². The zero-order chi connectivity index (χ0) is 19.5. The van der Waals surface area contributed by atoms with Crippen LogP contribution in [0.4, 0.5) is 0 Å². The normalized spacial score (nSPS) is 22.7. The fraction of sp³-hybridized carbons (Fsp3) is 0.526. The van der Waals surface area contributed by atoms with Gasteiger partial charge in [-0.3, -0.25) is 4.79 Å². The molecule has 0 aromatic heterocycles. The maximum Gasteiger partial charge on any atom is 0.338 e. The minimum Gasteiger partial charge on any atom is -0.463 e. The van der Waals surface area contributed by atoms with Crippen LogP contribution in [0, 0.1) is 0 Å². The number of ether oxygens (including phenoxy) is 6. The van der Waals surface area contributed by atoms with E-state index in [1.807, 2.05) is 0 Å². The summed E-state index contributed by atoms with van der Waals surface area (Å²) in [5, 5.41) is 0. The molecule has 2 unspecified atom stereocenters. The molecule has 3 aliphatic heterocycles. The van der Waals surface area contributed by atoms with Gasteiger partial charge in [-0.05, 0) is 23.8 Å². The zero-order valence-electron chi connectivity index (χ0n) is 15.1. The second kappa shape index (κ2) is 8.26. The highest BCUT2D eigenvalue weighted by atomic mass is 16.6. The molecule has 0 spiro atoms. The van der Waals surface area contributed by atoms with E-state index in [9.17, 15) is 14.4 Å². The summed E-state index contributed by atoms with van der Waals surface area (Å²) in [4.78, 5) is 36.7. The van der Waals surface area contributed by atoms with Crippen LogP contribution < -0.4 is 0 Å². The van der Waals surface area contributed by atoms with E-state index in [0.29, 0.717) is 32.0 Å². The van der Waals surface area contributed by atoms with Gasteiger partial charge in [-0.2, -0.15) is 0 Å². The van der Waals surface area contributed by atoms with Crippen molar-refractivity contribution < 1.29 is 42.8 Å². The highest BCUT2D eigenvalue weighted by Gasteiger charge is 2.27. The van der Waals surface area contributed by atoms with Crippen molar-refractivity contribution in [3.63, 3.8) is 0 Å². The van der Waals surface area contributed by atoms with E-state index in [0.717, 1.165) is 0 Å². The van der Waals surface area contributed by atoms with E-state index < -0.39 is 17.9 Å². The standard InChI is InChI=1S/C19H20O9/c20-17(26-9-14-7-24-14)3-11-1-12(18(21)27-10-15-8-25-15)4-13(2-11)19(22)28-16-5-23-6-16/h1-2,4,14-16H,3,5-10H2. The van der Waals surface area contributed by atoms with Crippen molar-refractivity contribution in [3.05, 3.63) is 34.9 Å². The number of rotatable bonds is 9. The molecule has 0 N–H and O–H groups in total. The van der Waals surface area contributed by atoms with Crippen LogP contribution >= 0.6 is 0 Å². The third kappa shape index (κ3) is 5.28. The van der Waals surface area contributed by atoms with Gasteiger partial charge < -0.3 is 28.4 Å². The molecule has 150 valence electrons. The Morgan fingerprint density at radius 3 is 2.04 bits per heavy atom. The largest absolute Gasteiger partial charge is 0.463 e. The van der Waals surface area contributed by atoms with E-state index in [2.05, 4.69) is 0 Å². The molecule has 3 aliphatic rings. The lowest BCUT2D eigenvalue weighted by atomic mass is 10.0. The van der Waals surface area contributed by atoms with E-state index in [1.165, 1.54) is 18.2 Å². The summed E-state index contributed by atoms with van der Waals surface area (Å²) in [6.07, 6.45) is -0.506. The molecule has 1 aromatic carbocycles. The van der Waals surface area contributed by atoms with Gasteiger partial charge in [0.15, 0.2) is 0 Å². The lowest BCUT2D eigenvalue weighted by molar-refractivity contribution is -0.143. The van der Waals surface area contributed by atoms with Crippen molar-refractivity contribution in [2.75, 3.05) is 39.6 Å². The van der Waals surface area contributed by atoms with E-state index in [1.54, 1.807) is 0 Å². The van der Waals surface area contributed by atoms with Gasteiger partial charge in [0.25, 0.3) is 0 Å². The third-order valence-corrected chi connectivity index (χ3v) is 4.33. The van der Waals surface area contributed by atoms with Gasteiger partial charge in [0.2, 0.25) is 0 Å². The van der Waals surface area contributed by atoms with Crippen LogP contribution in [0.5, 0.6) is 0 Å². The van der Waals surface area contributed by atoms with Gasteiger partial charge in [0, 0.05) is 0 Å². The van der Waals surface area contributed by atoms with E-state index >= 15 is 0 Å². The lowest BCUT2D eigenvalue weighted by Crippen LogP contribution is -2.37. The zero-order valence-corrected chi connectivity index (χ0v) is 15.1. The van der Waals surface area contributed by atoms with E-state index in [-0.39, 0.29) is 49.1 Å². The molecule has 0 aliphatic carbocycles. The van der Waals surface area contributed by atoms with Crippen molar-refractivity contribution in [3.8, 4) is 0 Å². The molecule has 28 heavy (non-hydrogen) atoms. The van der Waals surface area contributed by atoms with Gasteiger partial charge in [-0.15, -0.1) is 0 Å². The molecular weight excluding hydrogens is 372 g/mol. The van der Waals surface area contributed by atoms with Crippen LogP contribution in [0.3, 0.4) is 0 Å². The fourth-order valence-corrected chi connectivity index (χ4v) is 2.52. The smallest absolute Gasteiger partial charge is 0.338 e. The Balaban J connectivity index is 1.45. The monoisotopic (exact) mass is 392 g/mol. The topological polar surface area (TPSA) is 113 Å². The molecule has 9 nitrogen and oxygen atoms in total. The Morgan fingerprint density at radius 2 is 1.46 bits per heavy atom. The van der Waals surface area contributed by atoms with Crippen molar-refractivity contribution >= 4 is 17.9 Å². The number of carbonyl (C=O) groups excluding carboxylic acids is 3. The minimum absolute atomic E-state index is 0.0369. The molecule has 0 bridgehead atoms. The highest BCUT2D eigenvalue weighted by molar-refractivity contribution is 5.96. The van der Waals surface area contributed by atoms with Crippen molar-refractivity contribution in [2.24, 2.45) is 0 Å². The van der Waals surface area contributed by atoms with E-state index in [4.69, 9.17) is 28.4 Å². The molecule has 0 radical (unpaired) electrons. The first-order valence-electron chi connectivity index (χ1n) is 9.05. The maximum atomic E-state index is 12.4. The lowest BCUT2D eigenvalue weighted by Gasteiger charge is -2.25. The average Bonchev–Trinajstić information content (AvgIpc) is 3.54. The molecule has 3 heterocycles. The molecule has 3 saturated heterocycles. The quantitative estimate of drug-likeness (QED) is 0.332. The highest BCUT2D eigenvalue weighted by Crippen LogP contribution is 2.18. The Kier molecular flexibility index (Phi) is 5.56. The van der Waals surface area contributed by atoms with Crippen LogP contribution in [0.2, 0.25) is 0 Å². The molecular formula is C19H20O9. The Morgan fingerprint density at radius 1 is 0.857 bits per heavy atom. The summed E-state index contributed by atoms with van der Waals surface area (Å²) in [7, 11) is 0. The minimum atomic E-state index is -0.599. The number of esters is 3. The van der Waals surface area contributed by atoms with Crippen LogP contribution in [-0.4, -0.2) is 75.9 Å². The predicted octanol–water partition coefficient (Wildman–Crippen LogP) is 0.282. The average molecular weight is 392 g/mol. The van der Waals surface area contributed by atoms with Gasteiger partial charge in [-0.1, -0.05) is 0 Å². The van der Waals surface area contributed by atoms with Crippen LogP contribution in [0.1, 0.15) is 26.3 Å². The molecule has 1 aromatic rings. The molecule has 9 heteroatoms. The van der Waals surface area contributed by atoms with Gasteiger partial charge in [-0.25, -0.2) is 9.59 Å². The molecule has 4 rings (SSSR count). The SMILES string of the molecule is O=C(Cc1cc(C(=O)OCC2CO2)cc(C(=O)OC2COC2)c1)OCC1CO1. The number of benzene rings is 1. The van der Waals surface area contributed by atoms with Crippen molar-refractivity contribution in [1.82, 2.24) is 0 Å². The first-order chi connectivity index (χ1) is 13.6. The number of hydrogen-bond donors (Lipinski definition) is 0. The third-order valence-electron chi connectivity index (χ3n) is 4.33. The Bertz CT molecular complexity index is 763. The summed E-state index contributed by atoms with van der Waals surface area (Å²) in [5.74, 6) is -1.66. The number of carbonyl (C=O) groups is 3. The molecule has 2 atom stereocenters. The summed E-state index contributed by atoms with van der Waals surface area (Å²) in [6.45, 7) is 2.17. The molecule has 0 saturated carbocycles. The maximum absolute atomic E-state index is 12.4. The number of hydrogen-bond acceptors (Lipinski definition) is 9. The summed E-state index contributed by atoms with van der Waals surface area (Å²) < 4.78 is 30.6. The van der Waals surface area contributed by atoms with Gasteiger partial charge >= 0.3 is 17.9 Å². The Hall–Kier alpha value is -2.49. The first-order valence-corrected chi connectivity index (χ1v) is 9.05. The first kappa shape index (κ1) is 18.9. The predicted molar refractivity (Wildman–Crippen MR) is 90.9 cm³/mol.